The Morgan fingerprint density at radius 1 is 1.57 bits per heavy atom. The van der Waals surface area contributed by atoms with Gasteiger partial charge in [-0.05, 0) is 25.7 Å². The minimum absolute atomic E-state index is 0.0180. The van der Waals surface area contributed by atoms with Gasteiger partial charge in [-0.15, -0.1) is 0 Å². The second-order valence-corrected chi connectivity index (χ2v) is 4.56. The predicted molar refractivity (Wildman–Crippen MR) is 54.5 cm³/mol. The van der Waals surface area contributed by atoms with Gasteiger partial charge in [-0.25, -0.2) is 5.01 Å². The first kappa shape index (κ1) is 9.93. The molecule has 2 rings (SSSR count). The average molecular weight is 197 g/mol. The number of hydrogen-bond donors (Lipinski definition) is 2. The molecule has 1 heterocycles. The number of likely N-dealkylation sites (N-methyl/N-ethyl adjacent to an activating group) is 1. The van der Waals surface area contributed by atoms with E-state index in [0.29, 0.717) is 6.04 Å². The normalized spacial score (nSPS) is 31.3. The third-order valence-corrected chi connectivity index (χ3v) is 3.39. The van der Waals surface area contributed by atoms with Crippen LogP contribution in [0.5, 0.6) is 0 Å². The van der Waals surface area contributed by atoms with E-state index in [1.807, 2.05) is 12.1 Å². The maximum absolute atomic E-state index is 11.4. The Kier molecular flexibility index (Phi) is 2.74. The Morgan fingerprint density at radius 2 is 2.29 bits per heavy atom. The summed E-state index contributed by atoms with van der Waals surface area (Å²) in [5.41, 5.74) is 2.78. The van der Waals surface area contributed by atoms with E-state index in [4.69, 9.17) is 0 Å². The van der Waals surface area contributed by atoms with Crippen molar-refractivity contribution in [3.63, 3.8) is 0 Å². The lowest BCUT2D eigenvalue weighted by atomic mass is 9.80. The first-order valence-corrected chi connectivity index (χ1v) is 5.44. The molecule has 0 spiro atoms. The first-order chi connectivity index (χ1) is 6.66. The Labute approximate surface area is 85.0 Å². The molecule has 1 aliphatic heterocycles. The number of nitrogens with zero attached hydrogens (tertiary/aromatic N) is 1. The lowest BCUT2D eigenvalue weighted by Gasteiger charge is -2.33. The van der Waals surface area contributed by atoms with Crippen molar-refractivity contribution in [2.75, 3.05) is 13.6 Å². The lowest BCUT2D eigenvalue weighted by molar-refractivity contribution is -0.122. The molecular weight excluding hydrogens is 178 g/mol. The highest BCUT2D eigenvalue weighted by molar-refractivity contribution is 5.83. The van der Waals surface area contributed by atoms with Gasteiger partial charge in [-0.1, -0.05) is 6.42 Å². The van der Waals surface area contributed by atoms with Crippen molar-refractivity contribution >= 4 is 5.91 Å². The van der Waals surface area contributed by atoms with Crippen LogP contribution in [0, 0.1) is 5.92 Å². The largest absolute Gasteiger partial charge is 0.302 e. The quantitative estimate of drug-likeness (QED) is 0.675. The second-order valence-electron chi connectivity index (χ2n) is 4.56. The maximum atomic E-state index is 11.4. The van der Waals surface area contributed by atoms with Crippen molar-refractivity contribution in [3.05, 3.63) is 0 Å². The number of hydrazine groups is 1. The van der Waals surface area contributed by atoms with Gasteiger partial charge in [-0.3, -0.25) is 10.2 Å². The van der Waals surface area contributed by atoms with Crippen molar-refractivity contribution in [3.8, 4) is 0 Å². The molecule has 1 aliphatic carbocycles. The molecule has 2 atom stereocenters. The lowest BCUT2D eigenvalue weighted by Crippen LogP contribution is -2.47. The first-order valence-electron chi connectivity index (χ1n) is 5.44. The van der Waals surface area contributed by atoms with E-state index in [9.17, 15) is 4.79 Å². The summed E-state index contributed by atoms with van der Waals surface area (Å²) in [4.78, 5) is 11.4. The molecule has 0 aromatic carbocycles. The predicted octanol–water partition coefficient (Wildman–Crippen LogP) is 0.110. The highest BCUT2D eigenvalue weighted by Gasteiger charge is 2.32. The molecule has 0 radical (unpaired) electrons. The van der Waals surface area contributed by atoms with E-state index < -0.39 is 0 Å². The zero-order valence-electron chi connectivity index (χ0n) is 8.92. The van der Waals surface area contributed by atoms with Crippen LogP contribution in [0.1, 0.15) is 26.2 Å². The van der Waals surface area contributed by atoms with Crippen molar-refractivity contribution < 1.29 is 4.79 Å². The standard InChI is InChI=1S/C10H19N3O/c1-7(8-4-3-5-8)11-9-6-13(2)12-10(9)14/h7-9,11H,3-6H2,1-2H3,(H,12,14). The van der Waals surface area contributed by atoms with E-state index in [1.54, 1.807) is 0 Å². The molecule has 1 saturated heterocycles. The van der Waals surface area contributed by atoms with Gasteiger partial charge in [0.1, 0.15) is 6.04 Å². The van der Waals surface area contributed by atoms with Crippen LogP contribution in [-0.4, -0.2) is 36.6 Å². The molecule has 2 N–H and O–H groups in total. The van der Waals surface area contributed by atoms with Crippen LogP contribution in [0.25, 0.3) is 0 Å². The minimum Gasteiger partial charge on any atom is -0.302 e. The van der Waals surface area contributed by atoms with Crippen molar-refractivity contribution in [1.82, 2.24) is 15.8 Å². The van der Waals surface area contributed by atoms with Crippen LogP contribution < -0.4 is 10.7 Å². The van der Waals surface area contributed by atoms with Gasteiger partial charge in [0, 0.05) is 19.6 Å². The number of carbonyl (C=O) groups excluding carboxylic acids is 1. The van der Waals surface area contributed by atoms with E-state index in [1.165, 1.54) is 19.3 Å². The summed E-state index contributed by atoms with van der Waals surface area (Å²) in [5, 5.41) is 5.25. The highest BCUT2D eigenvalue weighted by atomic mass is 16.2. The van der Waals surface area contributed by atoms with Gasteiger partial charge in [-0.2, -0.15) is 0 Å². The third kappa shape index (κ3) is 1.91. The molecular formula is C10H19N3O. The number of carbonyl (C=O) groups is 1. The Bertz CT molecular complexity index is 227. The summed E-state index contributed by atoms with van der Waals surface area (Å²) in [5.74, 6) is 0.896. The van der Waals surface area contributed by atoms with Crippen LogP contribution in [-0.2, 0) is 4.79 Å². The van der Waals surface area contributed by atoms with Gasteiger partial charge in [0.2, 0.25) is 0 Å². The summed E-state index contributed by atoms with van der Waals surface area (Å²) in [7, 11) is 1.90. The minimum atomic E-state index is -0.0180. The molecule has 4 heteroatoms. The summed E-state index contributed by atoms with van der Waals surface area (Å²) in [6, 6.07) is 0.460. The van der Waals surface area contributed by atoms with E-state index in [2.05, 4.69) is 17.7 Å². The van der Waals surface area contributed by atoms with Crippen LogP contribution in [0.4, 0.5) is 0 Å². The molecule has 80 valence electrons. The van der Waals surface area contributed by atoms with Crippen molar-refractivity contribution in [2.24, 2.45) is 5.92 Å². The molecule has 0 aromatic rings. The van der Waals surface area contributed by atoms with Gasteiger partial charge in [0.15, 0.2) is 0 Å². The topological polar surface area (TPSA) is 44.4 Å². The van der Waals surface area contributed by atoms with Crippen molar-refractivity contribution in [2.45, 2.75) is 38.3 Å². The Balaban J connectivity index is 1.81. The zero-order valence-corrected chi connectivity index (χ0v) is 8.92. The fourth-order valence-corrected chi connectivity index (χ4v) is 2.19. The number of nitrogens with one attached hydrogen (secondary N) is 2. The van der Waals surface area contributed by atoms with Gasteiger partial charge < -0.3 is 5.32 Å². The van der Waals surface area contributed by atoms with Crippen LogP contribution in [0.3, 0.4) is 0 Å². The van der Waals surface area contributed by atoms with Gasteiger partial charge in [0.25, 0.3) is 5.91 Å². The zero-order chi connectivity index (χ0) is 10.1. The molecule has 2 unspecified atom stereocenters. The van der Waals surface area contributed by atoms with Gasteiger partial charge >= 0.3 is 0 Å². The number of amides is 1. The summed E-state index contributed by atoms with van der Waals surface area (Å²) in [6.45, 7) is 2.96. The molecule has 0 aromatic heterocycles. The number of rotatable bonds is 3. The molecule has 2 fully saturated rings. The van der Waals surface area contributed by atoms with Gasteiger partial charge in [0.05, 0.1) is 0 Å². The van der Waals surface area contributed by atoms with Crippen molar-refractivity contribution in [1.29, 1.82) is 0 Å². The molecule has 4 nitrogen and oxygen atoms in total. The summed E-state index contributed by atoms with van der Waals surface area (Å²) < 4.78 is 0. The maximum Gasteiger partial charge on any atom is 0.252 e. The summed E-state index contributed by atoms with van der Waals surface area (Å²) >= 11 is 0. The van der Waals surface area contributed by atoms with E-state index in [-0.39, 0.29) is 11.9 Å². The van der Waals surface area contributed by atoms with Crippen LogP contribution in [0.2, 0.25) is 0 Å². The molecule has 1 saturated carbocycles. The Hall–Kier alpha value is -0.610. The van der Waals surface area contributed by atoms with Crippen LogP contribution in [0.15, 0.2) is 0 Å². The Morgan fingerprint density at radius 3 is 2.71 bits per heavy atom. The molecule has 2 aliphatic rings. The SMILES string of the molecule is CC(NC1CN(C)NC1=O)C1CCC1. The third-order valence-electron chi connectivity index (χ3n) is 3.39. The van der Waals surface area contributed by atoms with Crippen LogP contribution >= 0.6 is 0 Å². The van der Waals surface area contributed by atoms with E-state index in [0.717, 1.165) is 12.5 Å². The fourth-order valence-electron chi connectivity index (χ4n) is 2.19. The molecule has 14 heavy (non-hydrogen) atoms. The van der Waals surface area contributed by atoms with E-state index >= 15 is 0 Å². The monoisotopic (exact) mass is 197 g/mol. The average Bonchev–Trinajstić information content (AvgIpc) is 2.26. The molecule has 0 bridgehead atoms. The number of hydrogen-bond acceptors (Lipinski definition) is 3. The summed E-state index contributed by atoms with van der Waals surface area (Å²) in [6.07, 6.45) is 3.99. The fraction of sp³-hybridized carbons (Fsp3) is 0.900. The smallest absolute Gasteiger partial charge is 0.252 e. The highest BCUT2D eigenvalue weighted by Crippen LogP contribution is 2.29. The molecule has 1 amide bonds. The second kappa shape index (κ2) is 3.87.